The van der Waals surface area contributed by atoms with Crippen LogP contribution < -0.4 is 11.1 Å². The van der Waals surface area contributed by atoms with Crippen LogP contribution in [0.25, 0.3) is 0 Å². The molecule has 0 aromatic heterocycles. The summed E-state index contributed by atoms with van der Waals surface area (Å²) in [4.78, 5) is 11.6. The van der Waals surface area contributed by atoms with E-state index in [1.165, 1.54) is 12.1 Å². The molecule has 0 bridgehead atoms. The molecule has 5 heteroatoms. The predicted octanol–water partition coefficient (Wildman–Crippen LogP) is 2.58. The lowest BCUT2D eigenvalue weighted by atomic mass is 10.1. The molecule has 1 atom stereocenters. The number of hydrogen-bond acceptors (Lipinski definition) is 2. The van der Waals surface area contributed by atoms with Crippen LogP contribution in [0.5, 0.6) is 0 Å². The molecule has 0 aliphatic carbocycles. The van der Waals surface area contributed by atoms with Gasteiger partial charge >= 0.3 is 0 Å². The quantitative estimate of drug-likeness (QED) is 0.847. The summed E-state index contributed by atoms with van der Waals surface area (Å²) in [5.74, 6) is 0.00215. The van der Waals surface area contributed by atoms with Gasteiger partial charge in [0.15, 0.2) is 0 Å². The summed E-state index contributed by atoms with van der Waals surface area (Å²) < 4.78 is 13.8. The zero-order valence-electron chi connectivity index (χ0n) is 10.4. The first-order valence-electron chi connectivity index (χ1n) is 5.93. The van der Waals surface area contributed by atoms with Crippen molar-refractivity contribution in [2.75, 3.05) is 6.54 Å². The molecule has 1 aromatic carbocycles. The van der Waals surface area contributed by atoms with Gasteiger partial charge in [-0.1, -0.05) is 22.9 Å². The average molecular weight is 317 g/mol. The smallest absolute Gasteiger partial charge is 0.220 e. The second-order valence-corrected chi connectivity index (χ2v) is 5.25. The summed E-state index contributed by atoms with van der Waals surface area (Å²) in [5.41, 5.74) is 6.21. The highest BCUT2D eigenvalue weighted by molar-refractivity contribution is 9.10. The van der Waals surface area contributed by atoms with Crippen LogP contribution >= 0.6 is 15.9 Å². The fraction of sp³-hybridized carbons (Fsp3) is 0.462. The number of hydrogen-bond donors (Lipinski definition) is 2. The van der Waals surface area contributed by atoms with E-state index >= 15 is 0 Å². The van der Waals surface area contributed by atoms with Gasteiger partial charge in [0.1, 0.15) is 5.82 Å². The van der Waals surface area contributed by atoms with Gasteiger partial charge in [0.2, 0.25) is 5.91 Å². The minimum atomic E-state index is -0.306. The summed E-state index contributed by atoms with van der Waals surface area (Å²) in [6.07, 6.45) is 1.22. The molecule has 0 saturated heterocycles. The summed E-state index contributed by atoms with van der Waals surface area (Å²) in [6.45, 7) is 2.92. The van der Waals surface area contributed by atoms with Crippen molar-refractivity contribution in [3.05, 3.63) is 34.1 Å². The van der Waals surface area contributed by atoms with Crippen LogP contribution in [0, 0.1) is 11.7 Å². The number of nitrogens with one attached hydrogen (secondary N) is 1. The van der Waals surface area contributed by atoms with Crippen LogP contribution in [-0.4, -0.2) is 12.5 Å². The number of rotatable bonds is 6. The highest BCUT2D eigenvalue weighted by Crippen LogP contribution is 2.17. The highest BCUT2D eigenvalue weighted by Gasteiger charge is 2.07. The molecule has 3 N–H and O–H groups in total. The van der Waals surface area contributed by atoms with E-state index < -0.39 is 0 Å². The Bertz CT molecular complexity index is 412. The fourth-order valence-corrected chi connectivity index (χ4v) is 1.84. The monoisotopic (exact) mass is 316 g/mol. The maximum Gasteiger partial charge on any atom is 0.220 e. The maximum atomic E-state index is 13.0. The lowest BCUT2D eigenvalue weighted by Crippen LogP contribution is -2.24. The van der Waals surface area contributed by atoms with Crippen molar-refractivity contribution in [2.45, 2.75) is 26.3 Å². The van der Waals surface area contributed by atoms with Gasteiger partial charge in [-0.2, -0.15) is 0 Å². The number of halogens is 2. The van der Waals surface area contributed by atoms with E-state index in [0.29, 0.717) is 25.4 Å². The Morgan fingerprint density at radius 3 is 2.94 bits per heavy atom. The van der Waals surface area contributed by atoms with E-state index in [-0.39, 0.29) is 11.7 Å². The summed E-state index contributed by atoms with van der Waals surface area (Å²) in [5, 5.41) is 2.77. The molecule has 0 spiro atoms. The van der Waals surface area contributed by atoms with Gasteiger partial charge in [0.05, 0.1) is 0 Å². The third-order valence-corrected chi connectivity index (χ3v) is 3.52. The van der Waals surface area contributed by atoms with Crippen LogP contribution in [0.1, 0.15) is 25.3 Å². The van der Waals surface area contributed by atoms with Crippen LogP contribution in [0.15, 0.2) is 22.7 Å². The number of carbonyl (C=O) groups excluding carboxylic acids is 1. The molecular weight excluding hydrogens is 299 g/mol. The van der Waals surface area contributed by atoms with Crippen molar-refractivity contribution in [3.63, 3.8) is 0 Å². The van der Waals surface area contributed by atoms with Crippen LogP contribution in [0.4, 0.5) is 4.39 Å². The van der Waals surface area contributed by atoms with E-state index in [2.05, 4.69) is 21.2 Å². The lowest BCUT2D eigenvalue weighted by molar-refractivity contribution is -0.121. The molecule has 0 aliphatic rings. The Kier molecular flexibility index (Phi) is 6.29. The standard InChI is InChI=1S/C13H18BrFN2O/c1-9(7-16)2-5-13(18)17-8-10-6-11(15)3-4-12(10)14/h3-4,6,9H,2,5,7-8,16H2,1H3,(H,17,18). The minimum Gasteiger partial charge on any atom is -0.352 e. The normalized spacial score (nSPS) is 12.2. The summed E-state index contributed by atoms with van der Waals surface area (Å²) in [6, 6.07) is 4.42. The number of amides is 1. The van der Waals surface area contributed by atoms with Crippen molar-refractivity contribution in [2.24, 2.45) is 11.7 Å². The van der Waals surface area contributed by atoms with E-state index in [1.54, 1.807) is 6.07 Å². The van der Waals surface area contributed by atoms with Crippen LogP contribution in [-0.2, 0) is 11.3 Å². The maximum absolute atomic E-state index is 13.0. The van der Waals surface area contributed by atoms with Gasteiger partial charge in [-0.05, 0) is 42.6 Å². The number of carbonyl (C=O) groups is 1. The molecule has 1 amide bonds. The molecule has 0 saturated carbocycles. The Morgan fingerprint density at radius 1 is 1.56 bits per heavy atom. The van der Waals surface area contributed by atoms with Gasteiger partial charge in [-0.15, -0.1) is 0 Å². The fourth-order valence-electron chi connectivity index (χ4n) is 1.46. The van der Waals surface area contributed by atoms with Crippen molar-refractivity contribution in [3.8, 4) is 0 Å². The summed E-state index contributed by atoms with van der Waals surface area (Å²) in [7, 11) is 0. The van der Waals surface area contributed by atoms with Crippen LogP contribution in [0.2, 0.25) is 0 Å². The largest absolute Gasteiger partial charge is 0.352 e. The van der Waals surface area contributed by atoms with Gasteiger partial charge in [-0.25, -0.2) is 4.39 Å². The third-order valence-electron chi connectivity index (χ3n) is 2.75. The van der Waals surface area contributed by atoms with Gasteiger partial charge in [-0.3, -0.25) is 4.79 Å². The van der Waals surface area contributed by atoms with E-state index in [1.807, 2.05) is 6.92 Å². The zero-order chi connectivity index (χ0) is 13.5. The molecule has 1 unspecified atom stereocenters. The first kappa shape index (κ1) is 15.1. The van der Waals surface area contributed by atoms with Crippen LogP contribution in [0.3, 0.4) is 0 Å². The molecule has 0 heterocycles. The highest BCUT2D eigenvalue weighted by atomic mass is 79.9. The van der Waals surface area contributed by atoms with E-state index in [4.69, 9.17) is 5.73 Å². The Morgan fingerprint density at radius 2 is 2.28 bits per heavy atom. The Labute approximate surface area is 115 Å². The number of nitrogens with two attached hydrogens (primary N) is 1. The zero-order valence-corrected chi connectivity index (χ0v) is 12.0. The average Bonchev–Trinajstić information content (AvgIpc) is 2.36. The van der Waals surface area contributed by atoms with Crippen molar-refractivity contribution in [1.82, 2.24) is 5.32 Å². The molecule has 0 aliphatic heterocycles. The minimum absolute atomic E-state index is 0.0357. The topological polar surface area (TPSA) is 55.1 Å². The van der Waals surface area contributed by atoms with Gasteiger partial charge in [0.25, 0.3) is 0 Å². The summed E-state index contributed by atoms with van der Waals surface area (Å²) >= 11 is 3.32. The molecular formula is C13H18BrFN2O. The van der Waals surface area contributed by atoms with Crippen molar-refractivity contribution in [1.29, 1.82) is 0 Å². The molecule has 0 fully saturated rings. The second kappa shape index (κ2) is 7.48. The lowest BCUT2D eigenvalue weighted by Gasteiger charge is -2.09. The Balaban J connectivity index is 2.40. The molecule has 3 nitrogen and oxygen atoms in total. The second-order valence-electron chi connectivity index (χ2n) is 4.39. The van der Waals surface area contributed by atoms with Gasteiger partial charge < -0.3 is 11.1 Å². The first-order valence-corrected chi connectivity index (χ1v) is 6.73. The molecule has 0 radical (unpaired) electrons. The molecule has 1 rings (SSSR count). The predicted molar refractivity (Wildman–Crippen MR) is 73.4 cm³/mol. The SMILES string of the molecule is CC(CN)CCC(=O)NCc1cc(F)ccc1Br. The third kappa shape index (κ3) is 5.14. The van der Waals surface area contributed by atoms with Crippen molar-refractivity contribution >= 4 is 21.8 Å². The molecule has 18 heavy (non-hydrogen) atoms. The Hall–Kier alpha value is -0.940. The first-order chi connectivity index (χ1) is 8.52. The van der Waals surface area contributed by atoms with E-state index in [9.17, 15) is 9.18 Å². The number of benzene rings is 1. The van der Waals surface area contributed by atoms with Crippen molar-refractivity contribution < 1.29 is 9.18 Å². The molecule has 100 valence electrons. The van der Waals surface area contributed by atoms with Gasteiger partial charge in [0, 0.05) is 17.4 Å². The van der Waals surface area contributed by atoms with E-state index in [0.717, 1.165) is 16.5 Å². The molecule has 1 aromatic rings.